The second-order valence-corrected chi connectivity index (χ2v) is 8.65. The smallest absolute Gasteiger partial charge is 0.253 e. The number of carbonyl (C=O) groups excluding carboxylic acids is 1. The molecule has 2 atom stereocenters. The maximum absolute atomic E-state index is 13.0. The number of hydrogen-bond donors (Lipinski definition) is 0. The molecule has 0 aliphatic carbocycles. The van der Waals surface area contributed by atoms with Crippen LogP contribution in [-0.4, -0.2) is 30.4 Å². The van der Waals surface area contributed by atoms with Crippen molar-refractivity contribution in [1.82, 2.24) is 4.90 Å². The van der Waals surface area contributed by atoms with Gasteiger partial charge in [0.05, 0.1) is 6.04 Å². The third-order valence-electron chi connectivity index (χ3n) is 6.81. The van der Waals surface area contributed by atoms with Gasteiger partial charge in [-0.05, 0) is 55.5 Å². The molecule has 158 valence electrons. The molecule has 3 heteroatoms. The van der Waals surface area contributed by atoms with Crippen molar-refractivity contribution in [2.75, 3.05) is 24.5 Å². The van der Waals surface area contributed by atoms with Gasteiger partial charge in [0.1, 0.15) is 0 Å². The third-order valence-corrected chi connectivity index (χ3v) is 6.81. The van der Waals surface area contributed by atoms with Gasteiger partial charge >= 0.3 is 0 Å². The van der Waals surface area contributed by atoms with Crippen LogP contribution in [0.3, 0.4) is 0 Å². The van der Waals surface area contributed by atoms with Crippen LogP contribution in [0, 0.1) is 5.92 Å². The fourth-order valence-corrected chi connectivity index (χ4v) is 5.22. The summed E-state index contributed by atoms with van der Waals surface area (Å²) in [6.07, 6.45) is 5.72. The molecule has 2 aliphatic heterocycles. The number of amides is 1. The molecule has 0 aromatic heterocycles. The minimum atomic E-state index is 0.168. The minimum Gasteiger partial charge on any atom is -0.364 e. The summed E-state index contributed by atoms with van der Waals surface area (Å²) in [7, 11) is 0. The average Bonchev–Trinajstić information content (AvgIpc) is 3.33. The number of unbranched alkanes of at least 4 members (excludes halogenated alkanes) is 1. The zero-order chi connectivity index (χ0) is 21.1. The fraction of sp³-hybridized carbons (Fsp3) is 0.444. The summed E-state index contributed by atoms with van der Waals surface area (Å²) in [5.41, 5.74) is 5.72. The predicted octanol–water partition coefficient (Wildman–Crippen LogP) is 6.32. The van der Waals surface area contributed by atoms with Crippen molar-refractivity contribution in [2.45, 2.75) is 52.0 Å². The van der Waals surface area contributed by atoms with E-state index >= 15 is 0 Å². The first kappa shape index (κ1) is 20.7. The van der Waals surface area contributed by atoms with Crippen LogP contribution in [0.4, 0.5) is 5.69 Å². The number of benzene rings is 2. The zero-order valence-corrected chi connectivity index (χ0v) is 18.4. The van der Waals surface area contributed by atoms with E-state index in [1.54, 1.807) is 0 Å². The lowest BCUT2D eigenvalue weighted by Gasteiger charge is -2.45. The van der Waals surface area contributed by atoms with Gasteiger partial charge in [0, 0.05) is 42.4 Å². The van der Waals surface area contributed by atoms with E-state index < -0.39 is 0 Å². The van der Waals surface area contributed by atoms with Gasteiger partial charge in [0.25, 0.3) is 5.91 Å². The molecule has 1 saturated heterocycles. The van der Waals surface area contributed by atoms with E-state index in [1.165, 1.54) is 29.7 Å². The lowest BCUT2D eigenvalue weighted by atomic mass is 9.76. The number of rotatable bonds is 6. The second kappa shape index (κ2) is 9.07. The lowest BCUT2D eigenvalue weighted by Crippen LogP contribution is -2.38. The number of nitrogens with zero attached hydrogens (tertiary/aromatic N) is 2. The molecule has 3 nitrogen and oxygen atoms in total. The maximum Gasteiger partial charge on any atom is 0.253 e. The quantitative estimate of drug-likeness (QED) is 0.564. The molecule has 0 N–H and O–H groups in total. The molecule has 2 aromatic carbocycles. The molecule has 0 spiro atoms. The molecule has 1 amide bonds. The SMILES string of the molecule is C=C1c2cc(C(=O)N3CCCC3)ccc2N(CC)C(c2ccccc2)C1CCCC. The fourth-order valence-electron chi connectivity index (χ4n) is 5.22. The lowest BCUT2D eigenvalue weighted by molar-refractivity contribution is 0.0793. The standard InChI is InChI=1S/C27H34N2O/c1-4-6-14-23-20(3)24-19-22(27(30)28-17-10-11-18-28)15-16-25(24)29(5-2)26(23)21-12-8-7-9-13-21/h7-9,12-13,15-16,19,23,26H,3-6,10-11,14,17-18H2,1-2H3. The maximum atomic E-state index is 13.0. The largest absolute Gasteiger partial charge is 0.364 e. The van der Waals surface area contributed by atoms with Crippen molar-refractivity contribution in [1.29, 1.82) is 0 Å². The molecule has 30 heavy (non-hydrogen) atoms. The van der Waals surface area contributed by atoms with E-state index in [2.05, 4.69) is 67.8 Å². The van der Waals surface area contributed by atoms with Crippen LogP contribution in [0.25, 0.3) is 5.57 Å². The summed E-state index contributed by atoms with van der Waals surface area (Å²) in [6.45, 7) is 11.8. The first-order valence-electron chi connectivity index (χ1n) is 11.6. The highest BCUT2D eigenvalue weighted by Crippen LogP contribution is 2.49. The van der Waals surface area contributed by atoms with Gasteiger partial charge in [-0.15, -0.1) is 0 Å². The minimum absolute atomic E-state index is 0.168. The highest BCUT2D eigenvalue weighted by Gasteiger charge is 2.37. The van der Waals surface area contributed by atoms with Gasteiger partial charge in [0.15, 0.2) is 0 Å². The van der Waals surface area contributed by atoms with E-state index in [4.69, 9.17) is 0 Å². The van der Waals surface area contributed by atoms with E-state index in [0.717, 1.165) is 50.0 Å². The van der Waals surface area contributed by atoms with Gasteiger partial charge in [0.2, 0.25) is 0 Å². The molecular weight excluding hydrogens is 368 g/mol. The zero-order valence-electron chi connectivity index (χ0n) is 18.4. The monoisotopic (exact) mass is 402 g/mol. The molecule has 2 aliphatic rings. The van der Waals surface area contributed by atoms with Crippen molar-refractivity contribution >= 4 is 17.2 Å². The topological polar surface area (TPSA) is 23.6 Å². The Hall–Kier alpha value is -2.55. The molecule has 2 heterocycles. The van der Waals surface area contributed by atoms with Crippen molar-refractivity contribution in [3.05, 3.63) is 71.8 Å². The van der Waals surface area contributed by atoms with Gasteiger partial charge in [-0.3, -0.25) is 4.79 Å². The van der Waals surface area contributed by atoms with Crippen LogP contribution in [0.5, 0.6) is 0 Å². The summed E-state index contributed by atoms with van der Waals surface area (Å²) >= 11 is 0. The van der Waals surface area contributed by atoms with Crippen LogP contribution in [0.2, 0.25) is 0 Å². The molecular formula is C27H34N2O. The number of hydrogen-bond acceptors (Lipinski definition) is 2. The van der Waals surface area contributed by atoms with Crippen molar-refractivity contribution in [2.24, 2.45) is 5.92 Å². The molecule has 0 saturated carbocycles. The summed E-state index contributed by atoms with van der Waals surface area (Å²) in [4.78, 5) is 17.5. The van der Waals surface area contributed by atoms with E-state index in [9.17, 15) is 4.79 Å². The summed E-state index contributed by atoms with van der Waals surface area (Å²) in [5, 5.41) is 0. The van der Waals surface area contributed by atoms with E-state index in [-0.39, 0.29) is 5.91 Å². The molecule has 0 radical (unpaired) electrons. The number of anilines is 1. The number of fused-ring (bicyclic) bond motifs is 1. The highest BCUT2D eigenvalue weighted by molar-refractivity contribution is 5.97. The molecule has 4 rings (SSSR count). The second-order valence-electron chi connectivity index (χ2n) is 8.65. The van der Waals surface area contributed by atoms with Gasteiger partial charge in [-0.1, -0.05) is 56.7 Å². The normalized spacial score (nSPS) is 21.1. The summed E-state index contributed by atoms with van der Waals surface area (Å²) in [5.74, 6) is 0.526. The molecule has 1 fully saturated rings. The Balaban J connectivity index is 1.76. The van der Waals surface area contributed by atoms with Gasteiger partial charge in [-0.2, -0.15) is 0 Å². The predicted molar refractivity (Wildman–Crippen MR) is 126 cm³/mol. The number of carbonyl (C=O) groups is 1. The van der Waals surface area contributed by atoms with Crippen LogP contribution >= 0.6 is 0 Å². The van der Waals surface area contributed by atoms with Crippen LogP contribution in [-0.2, 0) is 0 Å². The Kier molecular flexibility index (Phi) is 6.26. The highest BCUT2D eigenvalue weighted by atomic mass is 16.2. The number of likely N-dealkylation sites (tertiary alicyclic amines) is 1. The molecule has 2 aromatic rings. The van der Waals surface area contributed by atoms with Crippen molar-refractivity contribution in [3.8, 4) is 0 Å². The Morgan fingerprint density at radius 3 is 2.47 bits per heavy atom. The van der Waals surface area contributed by atoms with Crippen LogP contribution in [0.1, 0.15) is 73.5 Å². The van der Waals surface area contributed by atoms with Gasteiger partial charge in [-0.25, -0.2) is 0 Å². The summed E-state index contributed by atoms with van der Waals surface area (Å²) < 4.78 is 0. The van der Waals surface area contributed by atoms with Crippen LogP contribution < -0.4 is 4.90 Å². The first-order valence-corrected chi connectivity index (χ1v) is 11.6. The Morgan fingerprint density at radius 1 is 1.07 bits per heavy atom. The Labute approximate surface area is 181 Å². The summed E-state index contributed by atoms with van der Waals surface area (Å²) in [6, 6.07) is 17.4. The van der Waals surface area contributed by atoms with Crippen molar-refractivity contribution < 1.29 is 4.79 Å². The third kappa shape index (κ3) is 3.78. The Morgan fingerprint density at radius 2 is 1.80 bits per heavy atom. The average molecular weight is 403 g/mol. The van der Waals surface area contributed by atoms with E-state index in [1.807, 2.05) is 11.0 Å². The van der Waals surface area contributed by atoms with E-state index in [0.29, 0.717) is 12.0 Å². The van der Waals surface area contributed by atoms with Crippen molar-refractivity contribution in [3.63, 3.8) is 0 Å². The molecule has 0 bridgehead atoms. The molecule has 2 unspecified atom stereocenters. The van der Waals surface area contributed by atoms with Crippen LogP contribution in [0.15, 0.2) is 55.1 Å². The Bertz CT molecular complexity index is 898. The first-order chi connectivity index (χ1) is 14.7. The van der Waals surface area contributed by atoms with Gasteiger partial charge < -0.3 is 9.80 Å².